The first-order valence-electron chi connectivity index (χ1n) is 5.68. The van der Waals surface area contributed by atoms with Crippen LogP contribution in [0, 0.1) is 0 Å². The molecule has 0 radical (unpaired) electrons. The number of rotatable bonds is 3. The van der Waals surface area contributed by atoms with E-state index >= 15 is 0 Å². The summed E-state index contributed by atoms with van der Waals surface area (Å²) in [5.41, 5.74) is 8.04. The van der Waals surface area contributed by atoms with Crippen LogP contribution in [0.15, 0.2) is 18.5 Å². The van der Waals surface area contributed by atoms with E-state index in [1.165, 1.54) is 0 Å². The van der Waals surface area contributed by atoms with Crippen LogP contribution in [-0.2, 0) is 12.6 Å². The van der Waals surface area contributed by atoms with Crippen molar-refractivity contribution in [2.45, 2.75) is 32.2 Å². The summed E-state index contributed by atoms with van der Waals surface area (Å²) in [5.74, 6) is 0.945. The van der Waals surface area contributed by atoms with Crippen molar-refractivity contribution >= 4 is 11.0 Å². The van der Waals surface area contributed by atoms with Crippen LogP contribution in [0.1, 0.15) is 32.5 Å². The molecule has 4 heteroatoms. The number of aryl methyl sites for hydroxylation is 1. The van der Waals surface area contributed by atoms with Gasteiger partial charge >= 0.3 is 0 Å². The van der Waals surface area contributed by atoms with Gasteiger partial charge in [0.2, 0.25) is 0 Å². The molecule has 0 fully saturated rings. The number of nitrogens with two attached hydrogens (primary N) is 1. The molecule has 2 aromatic rings. The molecule has 0 saturated heterocycles. The average molecular weight is 218 g/mol. The Kier molecular flexibility index (Phi) is 2.68. The van der Waals surface area contributed by atoms with Crippen molar-refractivity contribution in [1.82, 2.24) is 14.5 Å². The number of aromatic nitrogens is 3. The van der Waals surface area contributed by atoms with Gasteiger partial charge in [0.1, 0.15) is 5.82 Å². The minimum atomic E-state index is -0.340. The maximum Gasteiger partial charge on any atom is 0.129 e. The molecule has 2 rings (SSSR count). The van der Waals surface area contributed by atoms with Crippen molar-refractivity contribution in [3.05, 3.63) is 24.3 Å². The molecule has 0 aliphatic rings. The van der Waals surface area contributed by atoms with Gasteiger partial charge in [-0.25, -0.2) is 4.98 Å². The molecular weight excluding hydrogens is 200 g/mol. The summed E-state index contributed by atoms with van der Waals surface area (Å²) in [7, 11) is 2.00. The Morgan fingerprint density at radius 2 is 2.06 bits per heavy atom. The second kappa shape index (κ2) is 3.87. The van der Waals surface area contributed by atoms with Gasteiger partial charge in [0.25, 0.3) is 0 Å². The second-order valence-corrected chi connectivity index (χ2v) is 4.22. The summed E-state index contributed by atoms with van der Waals surface area (Å²) < 4.78 is 2.05. The summed E-state index contributed by atoms with van der Waals surface area (Å²) in [6, 6.07) is 1.92. The zero-order valence-corrected chi connectivity index (χ0v) is 10.1. The Morgan fingerprint density at radius 1 is 1.38 bits per heavy atom. The predicted octanol–water partition coefficient (Wildman–Crippen LogP) is 1.94. The first-order chi connectivity index (χ1) is 7.62. The maximum absolute atomic E-state index is 6.38. The lowest BCUT2D eigenvalue weighted by atomic mass is 9.93. The van der Waals surface area contributed by atoms with Crippen LogP contribution in [0.3, 0.4) is 0 Å². The first kappa shape index (κ1) is 11.1. The highest BCUT2D eigenvalue weighted by molar-refractivity contribution is 5.74. The predicted molar refractivity (Wildman–Crippen MR) is 65.0 cm³/mol. The number of imidazole rings is 1. The van der Waals surface area contributed by atoms with Gasteiger partial charge in [0.05, 0.1) is 22.8 Å². The van der Waals surface area contributed by atoms with Crippen LogP contribution < -0.4 is 5.73 Å². The van der Waals surface area contributed by atoms with Crippen LogP contribution in [0.5, 0.6) is 0 Å². The van der Waals surface area contributed by atoms with E-state index < -0.39 is 0 Å². The standard InChI is InChI=1S/C12H18N4/c1-4-12(13,5-2)11-15-9-6-7-14-8-10(9)16(11)3/h6-8H,4-5,13H2,1-3H3. The Morgan fingerprint density at radius 3 is 2.62 bits per heavy atom. The number of fused-ring (bicyclic) bond motifs is 1. The monoisotopic (exact) mass is 218 g/mol. The fourth-order valence-electron chi connectivity index (χ4n) is 2.05. The van der Waals surface area contributed by atoms with E-state index in [9.17, 15) is 0 Å². The van der Waals surface area contributed by atoms with E-state index in [2.05, 4.69) is 28.4 Å². The minimum Gasteiger partial charge on any atom is -0.328 e. The molecule has 0 saturated carbocycles. The Bertz CT molecular complexity index is 497. The first-order valence-corrected chi connectivity index (χ1v) is 5.68. The van der Waals surface area contributed by atoms with E-state index in [1.54, 1.807) is 6.20 Å². The quantitative estimate of drug-likeness (QED) is 0.856. The van der Waals surface area contributed by atoms with Crippen LogP contribution in [0.25, 0.3) is 11.0 Å². The van der Waals surface area contributed by atoms with Crippen molar-refractivity contribution < 1.29 is 0 Å². The van der Waals surface area contributed by atoms with E-state index in [-0.39, 0.29) is 5.54 Å². The molecule has 86 valence electrons. The SMILES string of the molecule is CCC(N)(CC)c1nc2ccncc2n1C. The molecule has 0 spiro atoms. The number of hydrogen-bond acceptors (Lipinski definition) is 3. The third-order valence-corrected chi connectivity index (χ3v) is 3.39. The van der Waals surface area contributed by atoms with Crippen molar-refractivity contribution in [1.29, 1.82) is 0 Å². The minimum absolute atomic E-state index is 0.340. The summed E-state index contributed by atoms with van der Waals surface area (Å²) in [6.07, 6.45) is 5.36. The van der Waals surface area contributed by atoms with Gasteiger partial charge in [0.15, 0.2) is 0 Å². The molecule has 0 aliphatic carbocycles. The molecule has 2 N–H and O–H groups in total. The van der Waals surface area contributed by atoms with Crippen molar-refractivity contribution in [2.75, 3.05) is 0 Å². The third kappa shape index (κ3) is 1.50. The van der Waals surface area contributed by atoms with E-state index in [0.717, 1.165) is 29.7 Å². The van der Waals surface area contributed by atoms with Crippen LogP contribution >= 0.6 is 0 Å². The summed E-state index contributed by atoms with van der Waals surface area (Å²) >= 11 is 0. The molecular formula is C12H18N4. The van der Waals surface area contributed by atoms with Gasteiger partial charge in [-0.2, -0.15) is 0 Å². The molecule has 0 atom stereocenters. The van der Waals surface area contributed by atoms with Crippen LogP contribution in [0.2, 0.25) is 0 Å². The zero-order chi connectivity index (χ0) is 11.8. The fourth-order valence-corrected chi connectivity index (χ4v) is 2.05. The number of hydrogen-bond donors (Lipinski definition) is 1. The zero-order valence-electron chi connectivity index (χ0n) is 10.1. The van der Waals surface area contributed by atoms with Gasteiger partial charge < -0.3 is 10.3 Å². The molecule has 2 aromatic heterocycles. The van der Waals surface area contributed by atoms with E-state index in [1.807, 2.05) is 19.3 Å². The van der Waals surface area contributed by atoms with Crippen molar-refractivity contribution in [2.24, 2.45) is 12.8 Å². The maximum atomic E-state index is 6.38. The van der Waals surface area contributed by atoms with Gasteiger partial charge in [-0.3, -0.25) is 4.98 Å². The Hall–Kier alpha value is -1.42. The lowest BCUT2D eigenvalue weighted by Gasteiger charge is -2.25. The second-order valence-electron chi connectivity index (χ2n) is 4.22. The number of nitrogens with zero attached hydrogens (tertiary/aromatic N) is 3. The third-order valence-electron chi connectivity index (χ3n) is 3.39. The molecule has 16 heavy (non-hydrogen) atoms. The summed E-state index contributed by atoms with van der Waals surface area (Å²) in [4.78, 5) is 8.74. The Balaban J connectivity index is 2.65. The van der Waals surface area contributed by atoms with Gasteiger partial charge in [-0.15, -0.1) is 0 Å². The van der Waals surface area contributed by atoms with Crippen LogP contribution in [-0.4, -0.2) is 14.5 Å². The van der Waals surface area contributed by atoms with Crippen LogP contribution in [0.4, 0.5) is 0 Å². The molecule has 0 amide bonds. The highest BCUT2D eigenvalue weighted by atomic mass is 15.1. The smallest absolute Gasteiger partial charge is 0.129 e. The Labute approximate surface area is 95.5 Å². The van der Waals surface area contributed by atoms with E-state index in [4.69, 9.17) is 5.73 Å². The lowest BCUT2D eigenvalue weighted by molar-refractivity contribution is 0.378. The molecule has 4 nitrogen and oxygen atoms in total. The van der Waals surface area contributed by atoms with Gasteiger partial charge in [0, 0.05) is 13.2 Å². The summed E-state index contributed by atoms with van der Waals surface area (Å²) in [6.45, 7) is 4.20. The molecule has 0 unspecified atom stereocenters. The lowest BCUT2D eigenvalue weighted by Crippen LogP contribution is -2.37. The van der Waals surface area contributed by atoms with Crippen molar-refractivity contribution in [3.63, 3.8) is 0 Å². The van der Waals surface area contributed by atoms with Gasteiger partial charge in [-0.1, -0.05) is 13.8 Å². The molecule has 2 heterocycles. The highest BCUT2D eigenvalue weighted by Crippen LogP contribution is 2.27. The fraction of sp³-hybridized carbons (Fsp3) is 0.500. The summed E-state index contributed by atoms with van der Waals surface area (Å²) in [5, 5.41) is 0. The van der Waals surface area contributed by atoms with Gasteiger partial charge in [-0.05, 0) is 18.9 Å². The number of pyridine rings is 1. The molecule has 0 aromatic carbocycles. The average Bonchev–Trinajstić information content (AvgIpc) is 2.67. The normalized spacial score (nSPS) is 12.2. The molecule has 0 bridgehead atoms. The topological polar surface area (TPSA) is 56.7 Å². The molecule has 0 aliphatic heterocycles. The highest BCUT2D eigenvalue weighted by Gasteiger charge is 2.28. The van der Waals surface area contributed by atoms with E-state index in [0.29, 0.717) is 0 Å². The van der Waals surface area contributed by atoms with Crippen molar-refractivity contribution in [3.8, 4) is 0 Å². The largest absolute Gasteiger partial charge is 0.328 e.